The first kappa shape index (κ1) is 16.9. The maximum absolute atomic E-state index is 12.0. The maximum atomic E-state index is 12.0. The van der Waals surface area contributed by atoms with E-state index in [1.807, 2.05) is 12.1 Å². The van der Waals surface area contributed by atoms with E-state index in [-0.39, 0.29) is 18.9 Å². The monoisotopic (exact) mass is 357 g/mol. The molecule has 0 aliphatic heterocycles. The number of hydrogen-bond donors (Lipinski definition) is 1. The Labute approximate surface area is 149 Å². The third-order valence-corrected chi connectivity index (χ3v) is 3.64. The van der Waals surface area contributed by atoms with Gasteiger partial charge in [0.15, 0.2) is 5.82 Å². The van der Waals surface area contributed by atoms with Crippen molar-refractivity contribution in [2.45, 2.75) is 13.0 Å². The summed E-state index contributed by atoms with van der Waals surface area (Å²) in [4.78, 5) is 20.2. The minimum Gasteiger partial charge on any atom is -0.493 e. The van der Waals surface area contributed by atoms with Crippen LogP contribution in [0, 0.1) is 0 Å². The number of carbonyl (C=O) groups is 1. The average Bonchev–Trinajstić information content (AvgIpc) is 3.16. The molecule has 2 aromatic heterocycles. The minimum absolute atomic E-state index is 0.109. The molecular weight excluding hydrogens is 342 g/mol. The van der Waals surface area contributed by atoms with Gasteiger partial charge < -0.3 is 10.1 Å². The number of nitrogens with one attached hydrogen (secondary N) is 1. The number of benzene rings is 1. The van der Waals surface area contributed by atoms with Gasteiger partial charge >= 0.3 is 0 Å². The molecule has 3 rings (SSSR count). The van der Waals surface area contributed by atoms with Crippen LogP contribution in [0.4, 0.5) is 0 Å². The van der Waals surface area contributed by atoms with E-state index in [0.717, 1.165) is 5.56 Å². The Bertz CT molecular complexity index is 821. The number of ether oxygens (including phenoxy) is 1. The normalized spacial score (nSPS) is 10.4. The van der Waals surface area contributed by atoms with Crippen molar-refractivity contribution >= 4 is 17.5 Å². The van der Waals surface area contributed by atoms with Crippen molar-refractivity contribution in [2.24, 2.45) is 0 Å². The summed E-state index contributed by atoms with van der Waals surface area (Å²) in [5.41, 5.74) is 0.847. The topological polar surface area (TPSA) is 81.9 Å². The first-order valence-corrected chi connectivity index (χ1v) is 8.04. The second-order valence-electron chi connectivity index (χ2n) is 5.16. The van der Waals surface area contributed by atoms with Crippen molar-refractivity contribution in [1.29, 1.82) is 0 Å². The molecule has 0 aliphatic carbocycles. The van der Waals surface area contributed by atoms with Crippen molar-refractivity contribution < 1.29 is 9.53 Å². The summed E-state index contributed by atoms with van der Waals surface area (Å²) in [7, 11) is 0. The van der Waals surface area contributed by atoms with Crippen molar-refractivity contribution in [2.75, 3.05) is 6.61 Å². The number of hydrogen-bond acceptors (Lipinski definition) is 5. The van der Waals surface area contributed by atoms with Gasteiger partial charge in [-0.25, -0.2) is 14.6 Å². The van der Waals surface area contributed by atoms with Gasteiger partial charge in [-0.2, -0.15) is 5.10 Å². The van der Waals surface area contributed by atoms with Gasteiger partial charge in [0.2, 0.25) is 5.91 Å². The molecule has 1 amide bonds. The molecule has 8 heteroatoms. The van der Waals surface area contributed by atoms with Crippen LogP contribution in [0.3, 0.4) is 0 Å². The lowest BCUT2D eigenvalue weighted by molar-refractivity contribution is -0.121. The Morgan fingerprint density at radius 1 is 1.24 bits per heavy atom. The number of amides is 1. The van der Waals surface area contributed by atoms with Gasteiger partial charge in [0.1, 0.15) is 18.4 Å². The first-order chi connectivity index (χ1) is 12.2. The largest absolute Gasteiger partial charge is 0.493 e. The van der Waals surface area contributed by atoms with Gasteiger partial charge in [-0.05, 0) is 30.3 Å². The van der Waals surface area contributed by atoms with Crippen molar-refractivity contribution in [3.8, 4) is 11.6 Å². The van der Waals surface area contributed by atoms with Crippen LogP contribution in [-0.2, 0) is 11.3 Å². The van der Waals surface area contributed by atoms with Gasteiger partial charge in [0.25, 0.3) is 0 Å². The summed E-state index contributed by atoms with van der Waals surface area (Å²) in [6.45, 7) is 0.638. The molecule has 0 spiro atoms. The molecule has 0 saturated carbocycles. The van der Waals surface area contributed by atoms with Gasteiger partial charge in [-0.3, -0.25) is 4.79 Å². The third kappa shape index (κ3) is 4.77. The minimum atomic E-state index is -0.109. The Kier molecular flexibility index (Phi) is 5.58. The number of rotatable bonds is 7. The van der Waals surface area contributed by atoms with E-state index in [1.165, 1.54) is 6.33 Å². The van der Waals surface area contributed by atoms with Gasteiger partial charge in [-0.1, -0.05) is 17.7 Å². The molecule has 0 aliphatic rings. The van der Waals surface area contributed by atoms with Crippen LogP contribution in [0.2, 0.25) is 5.02 Å². The van der Waals surface area contributed by atoms with Crippen LogP contribution in [0.5, 0.6) is 5.75 Å². The second kappa shape index (κ2) is 8.25. The summed E-state index contributed by atoms with van der Waals surface area (Å²) < 4.78 is 7.07. The third-order valence-electron chi connectivity index (χ3n) is 3.39. The Morgan fingerprint density at radius 2 is 2.08 bits per heavy atom. The fourth-order valence-electron chi connectivity index (χ4n) is 2.17. The molecule has 0 unspecified atom stereocenters. The molecule has 128 valence electrons. The number of pyridine rings is 1. The molecular formula is C17H16ClN5O2. The zero-order chi connectivity index (χ0) is 17.5. The Hall–Kier alpha value is -2.93. The van der Waals surface area contributed by atoms with Crippen LogP contribution in [0.25, 0.3) is 5.82 Å². The highest BCUT2D eigenvalue weighted by Gasteiger charge is 2.08. The van der Waals surface area contributed by atoms with Crippen molar-refractivity contribution in [3.63, 3.8) is 0 Å². The summed E-state index contributed by atoms with van der Waals surface area (Å²) in [5, 5.41) is 7.56. The highest BCUT2D eigenvalue weighted by molar-refractivity contribution is 6.30. The van der Waals surface area contributed by atoms with Crippen LogP contribution >= 0.6 is 11.6 Å². The Morgan fingerprint density at radius 3 is 2.84 bits per heavy atom. The SMILES string of the molecule is O=C(CCOc1ccc(Cl)cc1)NCc1cccnc1-n1cncn1. The van der Waals surface area contributed by atoms with E-state index in [2.05, 4.69) is 20.4 Å². The predicted octanol–water partition coefficient (Wildman–Crippen LogP) is 2.40. The number of halogens is 1. The fraction of sp³-hybridized carbons (Fsp3) is 0.176. The van der Waals surface area contributed by atoms with Crippen LogP contribution in [0.1, 0.15) is 12.0 Å². The Balaban J connectivity index is 1.49. The molecule has 0 radical (unpaired) electrons. The van der Waals surface area contributed by atoms with E-state index in [4.69, 9.17) is 16.3 Å². The lowest BCUT2D eigenvalue weighted by Crippen LogP contribution is -2.25. The molecule has 0 atom stereocenters. The van der Waals surface area contributed by atoms with E-state index < -0.39 is 0 Å². The standard InChI is InChI=1S/C17H16ClN5O2/c18-14-3-5-15(6-4-14)25-9-7-16(24)21-10-13-2-1-8-20-17(13)23-12-19-11-22-23/h1-6,8,11-12H,7,9-10H2,(H,21,24). The summed E-state index contributed by atoms with van der Waals surface area (Å²) in [6.07, 6.45) is 4.92. The van der Waals surface area contributed by atoms with Gasteiger partial charge in [0, 0.05) is 23.3 Å². The van der Waals surface area contributed by atoms with Gasteiger partial charge in [-0.15, -0.1) is 0 Å². The quantitative estimate of drug-likeness (QED) is 0.702. The van der Waals surface area contributed by atoms with Crippen LogP contribution in [0.15, 0.2) is 55.2 Å². The zero-order valence-electron chi connectivity index (χ0n) is 13.3. The van der Waals surface area contributed by atoms with Crippen LogP contribution < -0.4 is 10.1 Å². The predicted molar refractivity (Wildman–Crippen MR) is 92.6 cm³/mol. The molecule has 0 saturated heterocycles. The van der Waals surface area contributed by atoms with E-state index in [1.54, 1.807) is 41.5 Å². The van der Waals surface area contributed by atoms with E-state index in [0.29, 0.717) is 23.1 Å². The van der Waals surface area contributed by atoms with Crippen molar-refractivity contribution in [1.82, 2.24) is 25.1 Å². The summed E-state index contributed by atoms with van der Waals surface area (Å²) >= 11 is 5.81. The maximum Gasteiger partial charge on any atom is 0.223 e. The highest BCUT2D eigenvalue weighted by atomic mass is 35.5. The molecule has 0 fully saturated rings. The van der Waals surface area contributed by atoms with Crippen LogP contribution in [-0.4, -0.2) is 32.3 Å². The van der Waals surface area contributed by atoms with Crippen molar-refractivity contribution in [3.05, 3.63) is 65.8 Å². The molecule has 7 nitrogen and oxygen atoms in total. The summed E-state index contributed by atoms with van der Waals surface area (Å²) in [5.74, 6) is 1.21. The average molecular weight is 358 g/mol. The van der Waals surface area contributed by atoms with E-state index >= 15 is 0 Å². The molecule has 2 heterocycles. The smallest absolute Gasteiger partial charge is 0.223 e. The molecule has 3 aromatic rings. The lowest BCUT2D eigenvalue weighted by Gasteiger charge is -2.10. The summed E-state index contributed by atoms with van der Waals surface area (Å²) in [6, 6.07) is 10.7. The number of nitrogens with zero attached hydrogens (tertiary/aromatic N) is 4. The van der Waals surface area contributed by atoms with Gasteiger partial charge in [0.05, 0.1) is 13.0 Å². The fourth-order valence-corrected chi connectivity index (χ4v) is 2.29. The second-order valence-corrected chi connectivity index (χ2v) is 5.59. The number of aromatic nitrogens is 4. The molecule has 0 bridgehead atoms. The first-order valence-electron chi connectivity index (χ1n) is 7.66. The highest BCUT2D eigenvalue weighted by Crippen LogP contribution is 2.15. The molecule has 1 N–H and O–H groups in total. The number of carbonyl (C=O) groups excluding carboxylic acids is 1. The molecule has 25 heavy (non-hydrogen) atoms. The molecule has 1 aromatic carbocycles. The van der Waals surface area contributed by atoms with E-state index in [9.17, 15) is 4.79 Å². The lowest BCUT2D eigenvalue weighted by atomic mass is 10.2. The zero-order valence-corrected chi connectivity index (χ0v) is 14.1.